The molecule has 0 bridgehead atoms. The highest BCUT2D eigenvalue weighted by Gasteiger charge is 2.29. The van der Waals surface area contributed by atoms with E-state index >= 15 is 0 Å². The van der Waals surface area contributed by atoms with Crippen molar-refractivity contribution < 1.29 is 24.2 Å². The molecule has 2 aromatic rings. The Bertz CT molecular complexity index is 945. The molecule has 2 atom stereocenters. The fourth-order valence-corrected chi connectivity index (χ4v) is 4.32. The van der Waals surface area contributed by atoms with Crippen LogP contribution in [0, 0.1) is 5.92 Å². The lowest BCUT2D eigenvalue weighted by Gasteiger charge is -2.21. The van der Waals surface area contributed by atoms with E-state index in [-0.39, 0.29) is 37.3 Å². The number of amides is 2. The van der Waals surface area contributed by atoms with Crippen LogP contribution in [0.3, 0.4) is 0 Å². The van der Waals surface area contributed by atoms with Gasteiger partial charge < -0.3 is 20.5 Å². The number of hydrogen-bond acceptors (Lipinski definition) is 4. The summed E-state index contributed by atoms with van der Waals surface area (Å²) in [6, 6.07) is 15.5. The molecule has 1 unspecified atom stereocenters. The summed E-state index contributed by atoms with van der Waals surface area (Å²) in [6.45, 7) is 4.25. The summed E-state index contributed by atoms with van der Waals surface area (Å²) >= 11 is 0. The van der Waals surface area contributed by atoms with Crippen LogP contribution in [0.15, 0.2) is 48.5 Å². The minimum absolute atomic E-state index is 0.00493. The standard InChI is InChI=1S/C26H32N2O5/c1-3-9-23(25(31)27-15-17(4-2)14-24(29)30)28-26(32)33-16-22-20-12-7-5-10-18(20)19-11-6-8-13-21(19)22/h5-8,10-13,17,22-23H,3-4,9,14-16H2,1-2H3,(H,27,31)(H,28,32)(H,29,30)/t17?,23-/m1/s1. The minimum atomic E-state index is -0.891. The third-order valence-electron chi connectivity index (χ3n) is 6.14. The average molecular weight is 453 g/mol. The second kappa shape index (κ2) is 11.5. The lowest BCUT2D eigenvalue weighted by molar-refractivity contribution is -0.138. The van der Waals surface area contributed by atoms with Crippen LogP contribution >= 0.6 is 0 Å². The fourth-order valence-electron chi connectivity index (χ4n) is 4.32. The second-order valence-corrected chi connectivity index (χ2v) is 8.43. The van der Waals surface area contributed by atoms with Gasteiger partial charge in [-0.15, -0.1) is 0 Å². The number of aliphatic carboxylic acids is 1. The van der Waals surface area contributed by atoms with Crippen molar-refractivity contribution in [2.75, 3.05) is 13.2 Å². The Morgan fingerprint density at radius 2 is 1.61 bits per heavy atom. The highest BCUT2D eigenvalue weighted by molar-refractivity contribution is 5.85. The Hall–Kier alpha value is -3.35. The van der Waals surface area contributed by atoms with Crippen LogP contribution < -0.4 is 10.6 Å². The lowest BCUT2D eigenvalue weighted by Crippen LogP contribution is -2.48. The first-order chi connectivity index (χ1) is 15.9. The van der Waals surface area contributed by atoms with Gasteiger partial charge in [0.1, 0.15) is 12.6 Å². The first kappa shape index (κ1) is 24.3. The minimum Gasteiger partial charge on any atom is -0.481 e. The Balaban J connectivity index is 1.58. The summed E-state index contributed by atoms with van der Waals surface area (Å²) in [5, 5.41) is 14.4. The number of rotatable bonds is 11. The van der Waals surface area contributed by atoms with Crippen LogP contribution in [-0.4, -0.2) is 42.3 Å². The SMILES string of the molecule is CCC[C@@H](NC(=O)OCC1c2ccccc2-c2ccccc21)C(=O)NCC(CC)CC(=O)O. The Labute approximate surface area is 194 Å². The van der Waals surface area contributed by atoms with Gasteiger partial charge in [-0.1, -0.05) is 75.2 Å². The normalized spacial score (nSPS) is 14.0. The summed E-state index contributed by atoms with van der Waals surface area (Å²) in [5.41, 5.74) is 4.55. The van der Waals surface area contributed by atoms with Crippen LogP contribution in [0.2, 0.25) is 0 Å². The van der Waals surface area contributed by atoms with Gasteiger partial charge in [0.15, 0.2) is 0 Å². The zero-order chi connectivity index (χ0) is 23.8. The summed E-state index contributed by atoms with van der Waals surface area (Å²) in [7, 11) is 0. The van der Waals surface area contributed by atoms with E-state index in [9.17, 15) is 14.4 Å². The number of benzene rings is 2. The molecule has 0 heterocycles. The van der Waals surface area contributed by atoms with E-state index in [1.54, 1.807) is 0 Å². The van der Waals surface area contributed by atoms with E-state index in [2.05, 4.69) is 34.9 Å². The third-order valence-corrected chi connectivity index (χ3v) is 6.14. The molecule has 1 aliphatic rings. The Kier molecular flexibility index (Phi) is 8.46. The molecule has 0 aromatic heterocycles. The van der Waals surface area contributed by atoms with Gasteiger partial charge >= 0.3 is 12.1 Å². The van der Waals surface area contributed by atoms with Crippen molar-refractivity contribution in [2.24, 2.45) is 5.92 Å². The zero-order valence-electron chi connectivity index (χ0n) is 19.2. The first-order valence-corrected chi connectivity index (χ1v) is 11.6. The van der Waals surface area contributed by atoms with Crippen molar-refractivity contribution in [3.05, 3.63) is 59.7 Å². The second-order valence-electron chi connectivity index (χ2n) is 8.43. The molecule has 0 aliphatic heterocycles. The van der Waals surface area contributed by atoms with E-state index in [0.717, 1.165) is 22.3 Å². The molecule has 0 spiro atoms. The summed E-state index contributed by atoms with van der Waals surface area (Å²) in [4.78, 5) is 36.1. The molecule has 1 aliphatic carbocycles. The maximum atomic E-state index is 12.6. The van der Waals surface area contributed by atoms with E-state index < -0.39 is 18.1 Å². The quantitative estimate of drug-likeness (QED) is 0.471. The first-order valence-electron chi connectivity index (χ1n) is 11.6. The van der Waals surface area contributed by atoms with E-state index in [1.165, 1.54) is 0 Å². The Morgan fingerprint density at radius 1 is 1.00 bits per heavy atom. The Morgan fingerprint density at radius 3 is 2.15 bits per heavy atom. The number of nitrogens with one attached hydrogen (secondary N) is 2. The maximum Gasteiger partial charge on any atom is 0.407 e. The predicted molar refractivity (Wildman–Crippen MR) is 126 cm³/mol. The van der Waals surface area contributed by atoms with Gasteiger partial charge in [-0.25, -0.2) is 4.79 Å². The molecule has 0 saturated heterocycles. The number of carboxylic acid groups (broad SMARTS) is 1. The van der Waals surface area contributed by atoms with Crippen LogP contribution in [0.1, 0.15) is 56.6 Å². The molecule has 7 heteroatoms. The largest absolute Gasteiger partial charge is 0.481 e. The van der Waals surface area contributed by atoms with Gasteiger partial charge in [0.2, 0.25) is 5.91 Å². The molecule has 0 saturated carbocycles. The summed E-state index contributed by atoms with van der Waals surface area (Å²) < 4.78 is 5.56. The van der Waals surface area contributed by atoms with Crippen molar-refractivity contribution in [1.82, 2.24) is 10.6 Å². The van der Waals surface area contributed by atoms with Gasteiger partial charge in [0, 0.05) is 18.9 Å². The molecule has 7 nitrogen and oxygen atoms in total. The van der Waals surface area contributed by atoms with Gasteiger partial charge in [-0.2, -0.15) is 0 Å². The molecule has 0 radical (unpaired) electrons. The number of carbonyl (C=O) groups is 3. The molecular formula is C26H32N2O5. The fraction of sp³-hybridized carbons (Fsp3) is 0.423. The monoisotopic (exact) mass is 452 g/mol. The summed E-state index contributed by atoms with van der Waals surface area (Å²) in [5.74, 6) is -1.42. The van der Waals surface area contributed by atoms with E-state index in [0.29, 0.717) is 19.3 Å². The highest BCUT2D eigenvalue weighted by atomic mass is 16.5. The third kappa shape index (κ3) is 6.12. The molecule has 2 amide bonds. The maximum absolute atomic E-state index is 12.6. The van der Waals surface area contributed by atoms with Crippen molar-refractivity contribution in [2.45, 2.75) is 51.5 Å². The number of alkyl carbamates (subject to hydrolysis) is 1. The highest BCUT2D eigenvalue weighted by Crippen LogP contribution is 2.44. The van der Waals surface area contributed by atoms with Crippen molar-refractivity contribution in [1.29, 1.82) is 0 Å². The van der Waals surface area contributed by atoms with E-state index in [4.69, 9.17) is 9.84 Å². The van der Waals surface area contributed by atoms with Gasteiger partial charge in [0.05, 0.1) is 0 Å². The van der Waals surface area contributed by atoms with Crippen molar-refractivity contribution in [3.8, 4) is 11.1 Å². The number of carbonyl (C=O) groups excluding carboxylic acids is 2. The summed E-state index contributed by atoms with van der Waals surface area (Å²) in [6.07, 6.45) is 1.17. The average Bonchev–Trinajstić information content (AvgIpc) is 3.13. The molecule has 3 rings (SSSR count). The van der Waals surface area contributed by atoms with Crippen molar-refractivity contribution >= 4 is 18.0 Å². The molecule has 0 fully saturated rings. The van der Waals surface area contributed by atoms with Crippen LogP contribution in [0.25, 0.3) is 11.1 Å². The van der Waals surface area contributed by atoms with Crippen molar-refractivity contribution in [3.63, 3.8) is 0 Å². The van der Waals surface area contributed by atoms with Gasteiger partial charge in [0.25, 0.3) is 0 Å². The molecule has 176 valence electrons. The number of ether oxygens (including phenoxy) is 1. The molecule has 3 N–H and O–H groups in total. The van der Waals surface area contributed by atoms with Crippen LogP contribution in [0.5, 0.6) is 0 Å². The number of carboxylic acids is 1. The van der Waals surface area contributed by atoms with Crippen LogP contribution in [0.4, 0.5) is 4.79 Å². The van der Waals surface area contributed by atoms with E-state index in [1.807, 2.05) is 38.1 Å². The number of hydrogen-bond donors (Lipinski definition) is 3. The smallest absolute Gasteiger partial charge is 0.407 e. The topological polar surface area (TPSA) is 105 Å². The molecule has 2 aromatic carbocycles. The molecule has 33 heavy (non-hydrogen) atoms. The van der Waals surface area contributed by atoms with Crippen LogP contribution in [-0.2, 0) is 14.3 Å². The van der Waals surface area contributed by atoms with Gasteiger partial charge in [-0.3, -0.25) is 9.59 Å². The predicted octanol–water partition coefficient (Wildman–Crippen LogP) is 4.31. The lowest BCUT2D eigenvalue weighted by atomic mass is 9.98. The number of fused-ring (bicyclic) bond motifs is 3. The van der Waals surface area contributed by atoms with Gasteiger partial charge in [-0.05, 0) is 34.6 Å². The molecular weight excluding hydrogens is 420 g/mol. The zero-order valence-corrected chi connectivity index (χ0v) is 19.2.